The molecule has 1 aromatic carbocycles. The number of benzene rings is 1. The molecule has 0 bridgehead atoms. The second-order valence-electron chi connectivity index (χ2n) is 6.03. The molecule has 1 unspecified atom stereocenters. The van der Waals surface area contributed by atoms with Crippen LogP contribution in [0, 0.1) is 15.5 Å². The summed E-state index contributed by atoms with van der Waals surface area (Å²) in [7, 11) is 0. The van der Waals surface area contributed by atoms with E-state index in [1.54, 1.807) is 18.2 Å². The van der Waals surface area contributed by atoms with Crippen LogP contribution < -0.4 is 0 Å². The molecule has 0 aliphatic carbocycles. The summed E-state index contributed by atoms with van der Waals surface area (Å²) in [6.07, 6.45) is 3.86. The first-order valence-electron chi connectivity index (χ1n) is 6.78. The van der Waals surface area contributed by atoms with Gasteiger partial charge < -0.3 is 5.11 Å². The molecule has 1 heterocycles. The van der Waals surface area contributed by atoms with Gasteiger partial charge >= 0.3 is 0 Å². The highest BCUT2D eigenvalue weighted by atomic mass is 16.6. The number of aliphatic hydroxyl groups is 1. The van der Waals surface area contributed by atoms with E-state index in [0.29, 0.717) is 5.70 Å². The molecule has 1 N–H and O–H groups in total. The van der Waals surface area contributed by atoms with Crippen LogP contribution in [0.25, 0.3) is 11.8 Å². The van der Waals surface area contributed by atoms with Crippen molar-refractivity contribution in [1.29, 1.82) is 0 Å². The van der Waals surface area contributed by atoms with Crippen molar-refractivity contribution in [3.8, 4) is 0 Å². The van der Waals surface area contributed by atoms with Gasteiger partial charge in [0.2, 0.25) is 0 Å². The van der Waals surface area contributed by atoms with Gasteiger partial charge in [-0.1, -0.05) is 20.8 Å². The highest BCUT2D eigenvalue weighted by molar-refractivity contribution is 5.73. The summed E-state index contributed by atoms with van der Waals surface area (Å²) in [6.45, 7) is 5.74. The lowest BCUT2D eigenvalue weighted by Gasteiger charge is -2.27. The maximum Gasteiger partial charge on any atom is 0.269 e. The average Bonchev–Trinajstić information content (AvgIpc) is 2.97. The minimum Gasteiger partial charge on any atom is -0.386 e. The normalized spacial score (nSPS) is 13.9. The summed E-state index contributed by atoms with van der Waals surface area (Å²) >= 11 is 0. The first-order chi connectivity index (χ1) is 10.3. The number of nitro benzene ring substituents is 1. The SMILES string of the molecule is CC(C)(C)C(O)C(=Cc1ccc([N+](=O)[O-])cc1)n1cncn1. The van der Waals surface area contributed by atoms with Crippen molar-refractivity contribution in [3.63, 3.8) is 0 Å². The van der Waals surface area contributed by atoms with E-state index >= 15 is 0 Å². The van der Waals surface area contributed by atoms with Gasteiger partial charge in [0.05, 0.1) is 10.6 Å². The molecule has 1 aromatic heterocycles. The van der Waals surface area contributed by atoms with Gasteiger partial charge in [0.25, 0.3) is 5.69 Å². The van der Waals surface area contributed by atoms with Crippen LogP contribution in [0.3, 0.4) is 0 Å². The van der Waals surface area contributed by atoms with E-state index in [2.05, 4.69) is 10.1 Å². The van der Waals surface area contributed by atoms with Crippen LogP contribution in [-0.2, 0) is 0 Å². The van der Waals surface area contributed by atoms with Gasteiger partial charge in [-0.25, -0.2) is 9.67 Å². The molecule has 0 spiro atoms. The van der Waals surface area contributed by atoms with E-state index < -0.39 is 16.4 Å². The Balaban J connectivity index is 2.42. The van der Waals surface area contributed by atoms with Gasteiger partial charge in [-0.3, -0.25) is 10.1 Å². The van der Waals surface area contributed by atoms with Gasteiger partial charge in [0.1, 0.15) is 18.8 Å². The van der Waals surface area contributed by atoms with Crippen molar-refractivity contribution in [1.82, 2.24) is 14.8 Å². The van der Waals surface area contributed by atoms with Crippen molar-refractivity contribution in [2.75, 3.05) is 0 Å². The average molecular weight is 302 g/mol. The highest BCUT2D eigenvalue weighted by Gasteiger charge is 2.27. The van der Waals surface area contributed by atoms with Crippen LogP contribution in [0.1, 0.15) is 26.3 Å². The third-order valence-electron chi connectivity index (χ3n) is 3.20. The Kier molecular flexibility index (Phi) is 4.37. The Morgan fingerprint density at radius 2 is 2.00 bits per heavy atom. The molecule has 0 aliphatic heterocycles. The number of rotatable bonds is 4. The lowest BCUT2D eigenvalue weighted by molar-refractivity contribution is -0.384. The zero-order chi connectivity index (χ0) is 16.3. The van der Waals surface area contributed by atoms with E-state index in [1.165, 1.54) is 29.5 Å². The fraction of sp³-hybridized carbons (Fsp3) is 0.333. The molecule has 22 heavy (non-hydrogen) atoms. The highest BCUT2D eigenvalue weighted by Crippen LogP contribution is 2.28. The van der Waals surface area contributed by atoms with E-state index in [1.807, 2.05) is 20.8 Å². The fourth-order valence-corrected chi connectivity index (χ4v) is 1.92. The fourth-order valence-electron chi connectivity index (χ4n) is 1.92. The van der Waals surface area contributed by atoms with Crippen molar-refractivity contribution in [3.05, 3.63) is 52.6 Å². The second-order valence-corrected chi connectivity index (χ2v) is 6.03. The summed E-state index contributed by atoms with van der Waals surface area (Å²) in [5.41, 5.74) is 0.924. The van der Waals surface area contributed by atoms with Crippen LogP contribution >= 0.6 is 0 Å². The summed E-state index contributed by atoms with van der Waals surface area (Å²) in [4.78, 5) is 14.1. The topological polar surface area (TPSA) is 94.1 Å². The van der Waals surface area contributed by atoms with Crippen molar-refractivity contribution >= 4 is 17.5 Å². The van der Waals surface area contributed by atoms with E-state index in [9.17, 15) is 15.2 Å². The standard InChI is InChI=1S/C15H18N4O3/c1-15(2,3)14(20)13(18-10-16-9-17-18)8-11-4-6-12(7-5-11)19(21)22/h4-10,14,20H,1-3H3. The summed E-state index contributed by atoms with van der Waals surface area (Å²) in [5.74, 6) is 0. The van der Waals surface area contributed by atoms with Gasteiger partial charge in [-0.2, -0.15) is 5.10 Å². The minimum absolute atomic E-state index is 0.0239. The lowest BCUT2D eigenvalue weighted by atomic mass is 9.86. The third kappa shape index (κ3) is 3.56. The molecule has 0 saturated carbocycles. The molecule has 0 amide bonds. The quantitative estimate of drug-likeness (QED) is 0.692. The van der Waals surface area contributed by atoms with E-state index in [4.69, 9.17) is 0 Å². The molecule has 2 aromatic rings. The Morgan fingerprint density at radius 1 is 1.36 bits per heavy atom. The van der Waals surface area contributed by atoms with Crippen molar-refractivity contribution in [2.45, 2.75) is 26.9 Å². The summed E-state index contributed by atoms with van der Waals surface area (Å²) in [5, 5.41) is 25.3. The monoisotopic (exact) mass is 302 g/mol. The third-order valence-corrected chi connectivity index (χ3v) is 3.20. The molecular formula is C15H18N4O3. The Morgan fingerprint density at radius 3 is 2.45 bits per heavy atom. The molecule has 0 fully saturated rings. The predicted molar refractivity (Wildman–Crippen MR) is 82.7 cm³/mol. The van der Waals surface area contributed by atoms with Gasteiger partial charge in [-0.15, -0.1) is 0 Å². The first-order valence-corrected chi connectivity index (χ1v) is 6.78. The molecule has 0 radical (unpaired) electrons. The predicted octanol–water partition coefficient (Wildman–Crippen LogP) is 2.59. The molecule has 1 atom stereocenters. The molecular weight excluding hydrogens is 284 g/mol. The van der Waals surface area contributed by atoms with Crippen molar-refractivity contribution < 1.29 is 10.0 Å². The molecule has 7 heteroatoms. The van der Waals surface area contributed by atoms with Crippen LogP contribution in [-0.4, -0.2) is 30.9 Å². The van der Waals surface area contributed by atoms with Crippen LogP contribution in [0.2, 0.25) is 0 Å². The number of non-ortho nitro benzene ring substituents is 1. The Bertz CT molecular complexity index is 670. The van der Waals surface area contributed by atoms with Gasteiger partial charge in [0, 0.05) is 12.1 Å². The number of hydrogen-bond acceptors (Lipinski definition) is 5. The van der Waals surface area contributed by atoms with Gasteiger partial charge in [0.15, 0.2) is 0 Å². The second kappa shape index (κ2) is 6.07. The van der Waals surface area contributed by atoms with Crippen LogP contribution in [0.5, 0.6) is 0 Å². The van der Waals surface area contributed by atoms with E-state index in [0.717, 1.165) is 5.56 Å². The number of aromatic nitrogens is 3. The summed E-state index contributed by atoms with van der Waals surface area (Å²) in [6, 6.07) is 6.11. The van der Waals surface area contributed by atoms with Crippen molar-refractivity contribution in [2.24, 2.45) is 5.41 Å². The van der Waals surface area contributed by atoms with Gasteiger partial charge in [-0.05, 0) is 29.2 Å². The maximum atomic E-state index is 10.7. The van der Waals surface area contributed by atoms with Crippen LogP contribution in [0.15, 0.2) is 36.9 Å². The zero-order valence-electron chi connectivity index (χ0n) is 12.7. The smallest absolute Gasteiger partial charge is 0.269 e. The molecule has 116 valence electrons. The molecule has 0 saturated heterocycles. The number of aliphatic hydroxyl groups excluding tert-OH is 1. The molecule has 0 aliphatic rings. The molecule has 7 nitrogen and oxygen atoms in total. The number of nitrogens with zero attached hydrogens (tertiary/aromatic N) is 4. The minimum atomic E-state index is -0.774. The first kappa shape index (κ1) is 15.8. The van der Waals surface area contributed by atoms with Crippen LogP contribution in [0.4, 0.5) is 5.69 Å². The summed E-state index contributed by atoms with van der Waals surface area (Å²) < 4.78 is 1.50. The number of nitro groups is 1. The number of hydrogen-bond donors (Lipinski definition) is 1. The zero-order valence-corrected chi connectivity index (χ0v) is 12.7. The van der Waals surface area contributed by atoms with E-state index in [-0.39, 0.29) is 5.69 Å². The Hall–Kier alpha value is -2.54. The largest absolute Gasteiger partial charge is 0.386 e. The lowest BCUT2D eigenvalue weighted by Crippen LogP contribution is -2.29. The molecule has 2 rings (SSSR count). The Labute approximate surface area is 128 Å². The maximum absolute atomic E-state index is 10.7.